The average Bonchev–Trinajstić information content (AvgIpc) is 2.85. The molecule has 0 bridgehead atoms. The monoisotopic (exact) mass is 537 g/mol. The summed E-state index contributed by atoms with van der Waals surface area (Å²) in [7, 11) is -2.02. The highest BCUT2D eigenvalue weighted by atomic mass is 35.5. The van der Waals surface area contributed by atoms with E-state index in [1.807, 2.05) is 19.1 Å². The molecule has 0 aliphatic heterocycles. The second-order valence-electron chi connectivity index (χ2n) is 8.61. The third kappa shape index (κ3) is 9.02. The zero-order chi connectivity index (χ0) is 26.7. The summed E-state index contributed by atoms with van der Waals surface area (Å²) in [4.78, 5) is 27.5. The van der Waals surface area contributed by atoms with Crippen LogP contribution >= 0.6 is 11.6 Å². The second kappa shape index (κ2) is 14.1. The number of unbranched alkanes of at least 4 members (excludes halogenated alkanes) is 1. The normalized spacial score (nSPS) is 12.0. The van der Waals surface area contributed by atoms with Crippen molar-refractivity contribution in [1.29, 1.82) is 0 Å². The maximum atomic E-state index is 13.3. The lowest BCUT2D eigenvalue weighted by molar-refractivity contribution is -0.140. The van der Waals surface area contributed by atoms with Crippen LogP contribution in [0.5, 0.6) is 5.75 Å². The average molecular weight is 538 g/mol. The van der Waals surface area contributed by atoms with Crippen molar-refractivity contribution in [3.05, 3.63) is 59.1 Å². The molecule has 2 rings (SSSR count). The molecule has 0 heterocycles. The summed E-state index contributed by atoms with van der Waals surface area (Å²) in [5.41, 5.74) is 1.34. The number of carbonyl (C=O) groups excluding carboxylic acids is 2. The van der Waals surface area contributed by atoms with Gasteiger partial charge >= 0.3 is 0 Å². The van der Waals surface area contributed by atoms with E-state index in [0.717, 1.165) is 24.7 Å². The molecule has 10 heteroatoms. The Labute approximate surface area is 219 Å². The van der Waals surface area contributed by atoms with Gasteiger partial charge in [0, 0.05) is 31.1 Å². The third-order valence-electron chi connectivity index (χ3n) is 5.78. The molecule has 0 aliphatic carbocycles. The first-order chi connectivity index (χ1) is 17.1. The summed E-state index contributed by atoms with van der Waals surface area (Å²) in [6.07, 6.45) is 3.32. The van der Waals surface area contributed by atoms with Crippen LogP contribution in [-0.4, -0.2) is 57.6 Å². The fourth-order valence-electron chi connectivity index (χ4n) is 3.66. The van der Waals surface area contributed by atoms with Gasteiger partial charge in [-0.15, -0.1) is 0 Å². The predicted molar refractivity (Wildman–Crippen MR) is 144 cm³/mol. The van der Waals surface area contributed by atoms with Gasteiger partial charge in [-0.3, -0.25) is 13.9 Å². The van der Waals surface area contributed by atoms with E-state index in [1.54, 1.807) is 43.3 Å². The second-order valence-corrected chi connectivity index (χ2v) is 10.9. The Hall–Kier alpha value is -2.78. The van der Waals surface area contributed by atoms with Crippen LogP contribution in [0.25, 0.3) is 0 Å². The van der Waals surface area contributed by atoms with Gasteiger partial charge in [-0.25, -0.2) is 8.42 Å². The van der Waals surface area contributed by atoms with Gasteiger partial charge in [0.1, 0.15) is 11.8 Å². The van der Waals surface area contributed by atoms with E-state index in [0.29, 0.717) is 29.4 Å². The zero-order valence-electron chi connectivity index (χ0n) is 21.4. The lowest BCUT2D eigenvalue weighted by Crippen LogP contribution is -2.47. The Bertz CT molecular complexity index is 1090. The van der Waals surface area contributed by atoms with Crippen molar-refractivity contribution in [3.8, 4) is 5.75 Å². The Morgan fingerprint density at radius 2 is 1.69 bits per heavy atom. The molecule has 36 heavy (non-hydrogen) atoms. The molecule has 1 N–H and O–H groups in total. The highest BCUT2D eigenvalue weighted by molar-refractivity contribution is 7.92. The van der Waals surface area contributed by atoms with Crippen molar-refractivity contribution in [2.75, 3.05) is 30.8 Å². The quantitative estimate of drug-likeness (QED) is 0.364. The van der Waals surface area contributed by atoms with Crippen LogP contribution in [0.15, 0.2) is 48.5 Å². The molecular formula is C26H36ClN3O5S. The Kier molecular flexibility index (Phi) is 11.5. The molecule has 0 radical (unpaired) electrons. The van der Waals surface area contributed by atoms with E-state index in [-0.39, 0.29) is 31.3 Å². The number of nitrogens with zero attached hydrogens (tertiary/aromatic N) is 2. The first-order valence-electron chi connectivity index (χ1n) is 12.0. The van der Waals surface area contributed by atoms with Crippen molar-refractivity contribution >= 4 is 39.1 Å². The number of methoxy groups -OCH3 is 1. The van der Waals surface area contributed by atoms with Gasteiger partial charge in [0.15, 0.2) is 0 Å². The summed E-state index contributed by atoms with van der Waals surface area (Å²) < 4.78 is 31.3. The summed E-state index contributed by atoms with van der Waals surface area (Å²) in [6.45, 7) is 4.66. The SMILES string of the molecule is CCCCNC(=O)C(C)N(Cc1ccc(Cl)cc1)C(=O)CCCN(c1ccc(OC)cc1)S(C)(=O)=O. The van der Waals surface area contributed by atoms with E-state index in [4.69, 9.17) is 16.3 Å². The standard InChI is InChI=1S/C26H36ClN3O5S/c1-5-6-17-28-26(32)20(2)29(19-21-9-11-22(27)12-10-21)25(31)8-7-18-30(36(4,33)34)23-13-15-24(35-3)16-14-23/h9-16,20H,5-8,17-19H2,1-4H3,(H,28,32). The van der Waals surface area contributed by atoms with Crippen molar-refractivity contribution < 1.29 is 22.7 Å². The largest absolute Gasteiger partial charge is 0.497 e. The van der Waals surface area contributed by atoms with Crippen molar-refractivity contribution in [2.45, 2.75) is 52.1 Å². The van der Waals surface area contributed by atoms with Crippen LogP contribution in [0.3, 0.4) is 0 Å². The Morgan fingerprint density at radius 1 is 1.06 bits per heavy atom. The van der Waals surface area contributed by atoms with Gasteiger partial charge in [0.25, 0.3) is 0 Å². The van der Waals surface area contributed by atoms with E-state index in [1.165, 1.54) is 16.3 Å². The number of benzene rings is 2. The molecule has 0 aliphatic rings. The maximum absolute atomic E-state index is 13.3. The van der Waals surface area contributed by atoms with E-state index >= 15 is 0 Å². The molecule has 8 nitrogen and oxygen atoms in total. The molecular weight excluding hydrogens is 502 g/mol. The van der Waals surface area contributed by atoms with Gasteiger partial charge in [-0.05, 0) is 61.7 Å². The number of halogens is 1. The van der Waals surface area contributed by atoms with E-state index in [9.17, 15) is 18.0 Å². The number of carbonyl (C=O) groups is 2. The van der Waals surface area contributed by atoms with Crippen LogP contribution in [0.1, 0.15) is 45.1 Å². The molecule has 2 aromatic carbocycles. The minimum Gasteiger partial charge on any atom is -0.497 e. The Balaban J connectivity index is 2.13. The highest BCUT2D eigenvalue weighted by Crippen LogP contribution is 2.22. The fourth-order valence-corrected chi connectivity index (χ4v) is 4.75. The number of ether oxygens (including phenoxy) is 1. The van der Waals surface area contributed by atoms with Gasteiger partial charge in [0.05, 0.1) is 19.1 Å². The molecule has 0 fully saturated rings. The number of sulfonamides is 1. The Morgan fingerprint density at radius 3 is 2.25 bits per heavy atom. The molecule has 0 aromatic heterocycles. The lowest BCUT2D eigenvalue weighted by atomic mass is 10.1. The van der Waals surface area contributed by atoms with Crippen LogP contribution in [-0.2, 0) is 26.2 Å². The summed E-state index contributed by atoms with van der Waals surface area (Å²) >= 11 is 5.99. The van der Waals surface area contributed by atoms with Crippen molar-refractivity contribution in [2.24, 2.45) is 0 Å². The maximum Gasteiger partial charge on any atom is 0.242 e. The first kappa shape index (κ1) is 29.5. The smallest absolute Gasteiger partial charge is 0.242 e. The molecule has 198 valence electrons. The number of nitrogens with one attached hydrogen (secondary N) is 1. The number of hydrogen-bond acceptors (Lipinski definition) is 5. The van der Waals surface area contributed by atoms with E-state index < -0.39 is 16.1 Å². The van der Waals surface area contributed by atoms with Crippen LogP contribution in [0.4, 0.5) is 5.69 Å². The van der Waals surface area contributed by atoms with Crippen LogP contribution in [0.2, 0.25) is 5.02 Å². The molecule has 2 amide bonds. The minimum absolute atomic E-state index is 0.0857. The lowest BCUT2D eigenvalue weighted by Gasteiger charge is -2.29. The van der Waals surface area contributed by atoms with Gasteiger partial charge in [0.2, 0.25) is 21.8 Å². The molecule has 2 aromatic rings. The van der Waals surface area contributed by atoms with Gasteiger partial charge in [-0.2, -0.15) is 0 Å². The van der Waals surface area contributed by atoms with Gasteiger partial charge < -0.3 is 15.0 Å². The molecule has 1 unspecified atom stereocenters. The predicted octanol–water partition coefficient (Wildman–Crippen LogP) is 4.23. The molecule has 0 spiro atoms. The zero-order valence-corrected chi connectivity index (χ0v) is 22.9. The summed E-state index contributed by atoms with van der Waals surface area (Å²) in [5, 5.41) is 3.47. The number of rotatable bonds is 14. The van der Waals surface area contributed by atoms with Crippen molar-refractivity contribution in [1.82, 2.24) is 10.2 Å². The van der Waals surface area contributed by atoms with Crippen molar-refractivity contribution in [3.63, 3.8) is 0 Å². The van der Waals surface area contributed by atoms with Crippen LogP contribution < -0.4 is 14.4 Å². The molecule has 1 atom stereocenters. The van der Waals surface area contributed by atoms with E-state index in [2.05, 4.69) is 5.32 Å². The number of amides is 2. The highest BCUT2D eigenvalue weighted by Gasteiger charge is 2.26. The topological polar surface area (TPSA) is 96.0 Å². The van der Waals surface area contributed by atoms with Crippen LogP contribution in [0, 0.1) is 0 Å². The molecule has 0 saturated carbocycles. The molecule has 0 saturated heterocycles. The number of anilines is 1. The fraction of sp³-hybridized carbons (Fsp3) is 0.462. The van der Waals surface area contributed by atoms with Gasteiger partial charge in [-0.1, -0.05) is 37.1 Å². The summed E-state index contributed by atoms with van der Waals surface area (Å²) in [6, 6.07) is 13.1. The first-order valence-corrected chi connectivity index (χ1v) is 14.2. The number of hydrogen-bond donors (Lipinski definition) is 1. The third-order valence-corrected chi connectivity index (χ3v) is 7.22. The summed E-state index contributed by atoms with van der Waals surface area (Å²) in [5.74, 6) is 0.166. The minimum atomic E-state index is -3.56.